The van der Waals surface area contributed by atoms with Crippen LogP contribution in [0.4, 0.5) is 10.8 Å². The zero-order valence-corrected chi connectivity index (χ0v) is 20.0. The molecule has 1 aliphatic heterocycles. The largest absolute Gasteiger partial charge is 0.486 e. The van der Waals surface area contributed by atoms with Gasteiger partial charge in [0.05, 0.1) is 10.6 Å². The van der Waals surface area contributed by atoms with Crippen molar-refractivity contribution in [3.63, 3.8) is 0 Å². The van der Waals surface area contributed by atoms with E-state index in [1.165, 1.54) is 23.5 Å². The molecule has 35 heavy (non-hydrogen) atoms. The van der Waals surface area contributed by atoms with Gasteiger partial charge in [-0.1, -0.05) is 59.9 Å². The number of hydrogen-bond donors (Lipinski definition) is 1. The number of benzene rings is 3. The molecule has 1 aliphatic rings. The zero-order valence-electron chi connectivity index (χ0n) is 18.3. The number of carbonyl (C=O) groups excluding carboxylic acids is 1. The van der Waals surface area contributed by atoms with Gasteiger partial charge in [-0.05, 0) is 24.3 Å². The molecular weight excluding hydrogens is 488 g/mol. The molecule has 1 N–H and O–H groups in total. The second-order valence-corrected chi connectivity index (χ2v) is 10.3. The van der Waals surface area contributed by atoms with Crippen molar-refractivity contribution in [1.82, 2.24) is 10.2 Å². The average molecular weight is 509 g/mol. The van der Waals surface area contributed by atoms with Crippen LogP contribution in [0.3, 0.4) is 0 Å². The molecule has 2 heterocycles. The molecule has 0 aliphatic carbocycles. The predicted octanol–water partition coefficient (Wildman–Crippen LogP) is 3.81. The maximum absolute atomic E-state index is 13.5. The smallest absolute Gasteiger partial charge is 0.264 e. The van der Waals surface area contributed by atoms with Crippen molar-refractivity contribution in [2.45, 2.75) is 4.90 Å². The summed E-state index contributed by atoms with van der Waals surface area (Å²) in [4.78, 5) is 13.0. The number of aromatic nitrogens is 2. The van der Waals surface area contributed by atoms with E-state index in [4.69, 9.17) is 9.47 Å². The summed E-state index contributed by atoms with van der Waals surface area (Å²) >= 11 is 1.20. The molecule has 0 radical (unpaired) electrons. The van der Waals surface area contributed by atoms with Crippen molar-refractivity contribution in [2.75, 3.05) is 29.4 Å². The Balaban J connectivity index is 1.42. The minimum atomic E-state index is -4.06. The van der Waals surface area contributed by atoms with Gasteiger partial charge in [-0.2, -0.15) is 0 Å². The molecule has 0 unspecified atom stereocenters. The Labute approximate surface area is 206 Å². The highest BCUT2D eigenvalue weighted by Gasteiger charge is 2.29. The number of nitrogens with zero attached hydrogens (tertiary/aromatic N) is 3. The molecule has 0 spiro atoms. The van der Waals surface area contributed by atoms with Gasteiger partial charge in [0.15, 0.2) is 11.5 Å². The van der Waals surface area contributed by atoms with E-state index in [0.717, 1.165) is 9.87 Å². The van der Waals surface area contributed by atoms with Crippen LogP contribution in [0, 0.1) is 0 Å². The topological polar surface area (TPSA) is 111 Å². The second-order valence-electron chi connectivity index (χ2n) is 7.48. The standard InChI is InChI=1S/C24H20N4O5S2/c29-22(25-24-27-26-23(34-24)17-7-3-1-4-8-17)16-28(35(30,31)19-9-5-2-6-10-19)18-11-12-20-21(15-18)33-14-13-32-20/h1-12,15H,13-14,16H2,(H,25,27,29). The number of rotatable bonds is 7. The Morgan fingerprint density at radius 3 is 2.34 bits per heavy atom. The van der Waals surface area contributed by atoms with Crippen molar-refractivity contribution in [1.29, 1.82) is 0 Å². The van der Waals surface area contributed by atoms with Crippen molar-refractivity contribution >= 4 is 38.1 Å². The Kier molecular flexibility index (Phi) is 6.34. The van der Waals surface area contributed by atoms with Gasteiger partial charge in [-0.15, -0.1) is 10.2 Å². The number of carbonyl (C=O) groups is 1. The summed E-state index contributed by atoms with van der Waals surface area (Å²) in [6, 6.07) is 22.2. The van der Waals surface area contributed by atoms with Gasteiger partial charge >= 0.3 is 0 Å². The average Bonchev–Trinajstić information content (AvgIpc) is 3.36. The van der Waals surface area contributed by atoms with Crippen LogP contribution in [0.25, 0.3) is 10.6 Å². The highest BCUT2D eigenvalue weighted by molar-refractivity contribution is 7.92. The van der Waals surface area contributed by atoms with Crippen LogP contribution in [0.2, 0.25) is 0 Å². The maximum Gasteiger partial charge on any atom is 0.264 e. The van der Waals surface area contributed by atoms with E-state index in [1.54, 1.807) is 36.4 Å². The number of ether oxygens (including phenoxy) is 2. The third-order valence-electron chi connectivity index (χ3n) is 5.12. The molecule has 5 rings (SSSR count). The summed E-state index contributed by atoms with van der Waals surface area (Å²) in [5.41, 5.74) is 1.14. The number of fused-ring (bicyclic) bond motifs is 1. The van der Waals surface area contributed by atoms with E-state index in [9.17, 15) is 13.2 Å². The lowest BCUT2D eigenvalue weighted by atomic mass is 10.2. The molecule has 178 valence electrons. The van der Waals surface area contributed by atoms with Crippen LogP contribution in [0.15, 0.2) is 83.8 Å². The molecule has 1 aromatic heterocycles. The Morgan fingerprint density at radius 1 is 0.914 bits per heavy atom. The molecule has 9 nitrogen and oxygen atoms in total. The summed E-state index contributed by atoms with van der Waals surface area (Å²) < 4.78 is 39.2. The molecule has 4 aromatic rings. The fourth-order valence-electron chi connectivity index (χ4n) is 3.48. The second kappa shape index (κ2) is 9.72. The van der Waals surface area contributed by atoms with Crippen molar-refractivity contribution in [3.8, 4) is 22.1 Å². The van der Waals surface area contributed by atoms with Crippen LogP contribution in [-0.4, -0.2) is 44.3 Å². The van der Waals surface area contributed by atoms with E-state index < -0.39 is 22.5 Å². The van der Waals surface area contributed by atoms with Crippen molar-refractivity contribution in [2.24, 2.45) is 0 Å². The summed E-state index contributed by atoms with van der Waals surface area (Å²) in [7, 11) is -4.06. The van der Waals surface area contributed by atoms with E-state index in [0.29, 0.717) is 29.7 Å². The number of nitrogens with one attached hydrogen (secondary N) is 1. The van der Waals surface area contributed by atoms with Crippen LogP contribution in [-0.2, 0) is 14.8 Å². The molecule has 0 saturated carbocycles. The van der Waals surface area contributed by atoms with Crippen LogP contribution < -0.4 is 19.1 Å². The first kappa shape index (κ1) is 22.8. The number of amides is 1. The van der Waals surface area contributed by atoms with Crippen LogP contribution in [0.5, 0.6) is 11.5 Å². The van der Waals surface area contributed by atoms with Crippen molar-refractivity contribution in [3.05, 3.63) is 78.9 Å². The highest BCUT2D eigenvalue weighted by atomic mass is 32.2. The van der Waals surface area contributed by atoms with Gasteiger partial charge in [-0.25, -0.2) is 8.42 Å². The van der Waals surface area contributed by atoms with E-state index in [2.05, 4.69) is 15.5 Å². The normalized spacial score (nSPS) is 12.7. The molecule has 0 atom stereocenters. The highest BCUT2D eigenvalue weighted by Crippen LogP contribution is 2.36. The van der Waals surface area contributed by atoms with Gasteiger partial charge in [-0.3, -0.25) is 14.4 Å². The quantitative estimate of drug-likeness (QED) is 0.404. The third kappa shape index (κ3) is 4.96. The lowest BCUT2D eigenvalue weighted by molar-refractivity contribution is -0.114. The van der Waals surface area contributed by atoms with E-state index in [1.807, 2.05) is 30.3 Å². The van der Waals surface area contributed by atoms with Gasteiger partial charge in [0.2, 0.25) is 11.0 Å². The maximum atomic E-state index is 13.5. The summed E-state index contributed by atoms with van der Waals surface area (Å²) in [6.45, 7) is 0.286. The lowest BCUT2D eigenvalue weighted by Gasteiger charge is -2.26. The van der Waals surface area contributed by atoms with Crippen molar-refractivity contribution < 1.29 is 22.7 Å². The molecule has 0 fully saturated rings. The van der Waals surface area contributed by atoms with Gasteiger partial charge in [0, 0.05) is 11.6 Å². The van der Waals surface area contributed by atoms with Gasteiger partial charge < -0.3 is 9.47 Å². The molecule has 3 aromatic carbocycles. The SMILES string of the molecule is O=C(CN(c1ccc2c(c1)OCCO2)S(=O)(=O)c1ccccc1)Nc1nnc(-c2ccccc2)s1. The first-order chi connectivity index (χ1) is 17.0. The minimum absolute atomic E-state index is 0.0602. The predicted molar refractivity (Wildman–Crippen MR) is 132 cm³/mol. The summed E-state index contributed by atoms with van der Waals surface area (Å²) in [6.07, 6.45) is 0. The molecule has 11 heteroatoms. The van der Waals surface area contributed by atoms with Gasteiger partial charge in [0.1, 0.15) is 24.8 Å². The molecule has 0 saturated heterocycles. The Morgan fingerprint density at radius 2 is 1.60 bits per heavy atom. The number of hydrogen-bond acceptors (Lipinski definition) is 8. The number of anilines is 2. The van der Waals surface area contributed by atoms with Gasteiger partial charge in [0.25, 0.3) is 10.0 Å². The van der Waals surface area contributed by atoms with Crippen LogP contribution >= 0.6 is 11.3 Å². The molecular formula is C24H20N4O5S2. The van der Waals surface area contributed by atoms with E-state index in [-0.39, 0.29) is 15.7 Å². The molecule has 1 amide bonds. The molecule has 0 bridgehead atoms. The number of sulfonamides is 1. The fourth-order valence-corrected chi connectivity index (χ4v) is 5.68. The Hall–Kier alpha value is -3.96. The van der Waals surface area contributed by atoms with Crippen LogP contribution in [0.1, 0.15) is 0 Å². The third-order valence-corrected chi connectivity index (χ3v) is 7.80. The first-order valence-electron chi connectivity index (χ1n) is 10.7. The first-order valence-corrected chi connectivity index (χ1v) is 12.9. The summed E-state index contributed by atoms with van der Waals surface area (Å²) in [5.74, 6) is 0.373. The van der Waals surface area contributed by atoms with E-state index >= 15 is 0 Å². The summed E-state index contributed by atoms with van der Waals surface area (Å²) in [5, 5.41) is 11.7. The zero-order chi connectivity index (χ0) is 24.3. The monoisotopic (exact) mass is 508 g/mol. The lowest BCUT2D eigenvalue weighted by Crippen LogP contribution is -2.38. The fraction of sp³-hybridized carbons (Fsp3) is 0.125. The Bertz CT molecular complexity index is 1440. The minimum Gasteiger partial charge on any atom is -0.486 e.